The molecule has 0 amide bonds. The van der Waals surface area contributed by atoms with Gasteiger partial charge in [0.05, 0.1) is 0 Å². The first-order chi connectivity index (χ1) is 9.22. The second kappa shape index (κ2) is 4.99. The first-order valence-corrected chi connectivity index (χ1v) is 7.53. The van der Waals surface area contributed by atoms with Crippen LogP contribution in [-0.4, -0.2) is 19.4 Å². The number of nitrogens with zero attached hydrogens (tertiary/aromatic N) is 1. The van der Waals surface area contributed by atoms with E-state index in [9.17, 15) is 4.79 Å². The molecule has 2 fully saturated rings. The van der Waals surface area contributed by atoms with Crippen molar-refractivity contribution in [3.63, 3.8) is 0 Å². The van der Waals surface area contributed by atoms with Crippen LogP contribution in [0.1, 0.15) is 54.4 Å². The summed E-state index contributed by atoms with van der Waals surface area (Å²) in [7, 11) is 0. The number of aryl methyl sites for hydroxylation is 1. The minimum Gasteiger partial charge on any atom is -0.371 e. The SMILES string of the molecule is Cc1cc(C=O)ccc1N1CCC2(CCCCC2)C1. The van der Waals surface area contributed by atoms with Crippen LogP contribution in [0.4, 0.5) is 5.69 Å². The van der Waals surface area contributed by atoms with Crippen molar-refractivity contribution in [2.45, 2.75) is 45.4 Å². The van der Waals surface area contributed by atoms with Gasteiger partial charge in [0.15, 0.2) is 0 Å². The van der Waals surface area contributed by atoms with Gasteiger partial charge in [-0.2, -0.15) is 0 Å². The highest BCUT2D eigenvalue weighted by molar-refractivity contribution is 5.77. The first-order valence-electron chi connectivity index (χ1n) is 7.53. The Balaban J connectivity index is 1.79. The number of hydrogen-bond donors (Lipinski definition) is 0. The molecule has 1 aliphatic carbocycles. The molecule has 2 heteroatoms. The van der Waals surface area contributed by atoms with E-state index in [1.165, 1.54) is 62.9 Å². The van der Waals surface area contributed by atoms with Gasteiger partial charge in [0.2, 0.25) is 0 Å². The molecule has 1 saturated heterocycles. The van der Waals surface area contributed by atoms with E-state index < -0.39 is 0 Å². The average Bonchev–Trinajstić information content (AvgIpc) is 2.83. The van der Waals surface area contributed by atoms with E-state index in [1.807, 2.05) is 12.1 Å². The van der Waals surface area contributed by atoms with Crippen LogP contribution in [0.25, 0.3) is 0 Å². The van der Waals surface area contributed by atoms with Crippen molar-refractivity contribution < 1.29 is 4.79 Å². The van der Waals surface area contributed by atoms with Crippen LogP contribution in [0.2, 0.25) is 0 Å². The normalized spacial score (nSPS) is 21.8. The fourth-order valence-corrected chi connectivity index (χ4v) is 3.96. The van der Waals surface area contributed by atoms with E-state index in [0.29, 0.717) is 5.41 Å². The molecule has 2 nitrogen and oxygen atoms in total. The Morgan fingerprint density at radius 2 is 1.95 bits per heavy atom. The summed E-state index contributed by atoms with van der Waals surface area (Å²) in [6.07, 6.45) is 9.36. The van der Waals surface area contributed by atoms with Gasteiger partial charge in [0.25, 0.3) is 0 Å². The van der Waals surface area contributed by atoms with Gasteiger partial charge >= 0.3 is 0 Å². The number of carbonyl (C=O) groups excluding carboxylic acids is 1. The topological polar surface area (TPSA) is 20.3 Å². The highest BCUT2D eigenvalue weighted by Gasteiger charge is 2.39. The molecule has 0 aromatic heterocycles. The maximum absolute atomic E-state index is 10.8. The Morgan fingerprint density at radius 3 is 2.63 bits per heavy atom. The molecule has 2 aliphatic rings. The summed E-state index contributed by atoms with van der Waals surface area (Å²) in [6.45, 7) is 4.52. The van der Waals surface area contributed by atoms with E-state index >= 15 is 0 Å². The van der Waals surface area contributed by atoms with Crippen LogP contribution in [0, 0.1) is 12.3 Å². The second-order valence-corrected chi connectivity index (χ2v) is 6.40. The van der Waals surface area contributed by atoms with Gasteiger partial charge in [0.1, 0.15) is 6.29 Å². The van der Waals surface area contributed by atoms with Crippen LogP contribution in [0.5, 0.6) is 0 Å². The van der Waals surface area contributed by atoms with E-state index in [0.717, 1.165) is 11.8 Å². The molecular formula is C17H23NO. The van der Waals surface area contributed by atoms with Crippen molar-refractivity contribution in [1.29, 1.82) is 0 Å². The van der Waals surface area contributed by atoms with E-state index in [4.69, 9.17) is 0 Å². The fraction of sp³-hybridized carbons (Fsp3) is 0.588. The molecule has 102 valence electrons. The molecule has 0 unspecified atom stereocenters. The molecule has 1 aromatic carbocycles. The molecule has 0 radical (unpaired) electrons. The molecule has 1 aromatic rings. The quantitative estimate of drug-likeness (QED) is 0.747. The minimum absolute atomic E-state index is 0.591. The Kier molecular flexibility index (Phi) is 3.34. The summed E-state index contributed by atoms with van der Waals surface area (Å²) < 4.78 is 0. The Morgan fingerprint density at radius 1 is 1.16 bits per heavy atom. The van der Waals surface area contributed by atoms with Gasteiger partial charge in [0, 0.05) is 24.3 Å². The number of anilines is 1. The van der Waals surface area contributed by atoms with Crippen molar-refractivity contribution in [2.75, 3.05) is 18.0 Å². The molecule has 0 bridgehead atoms. The van der Waals surface area contributed by atoms with Crippen molar-refractivity contribution >= 4 is 12.0 Å². The summed E-state index contributed by atoms with van der Waals surface area (Å²) in [5.41, 5.74) is 3.94. The Bertz CT molecular complexity index is 474. The van der Waals surface area contributed by atoms with Crippen LogP contribution in [0.3, 0.4) is 0 Å². The molecule has 3 rings (SSSR count). The number of benzene rings is 1. The highest BCUT2D eigenvalue weighted by Crippen LogP contribution is 2.45. The minimum atomic E-state index is 0.591. The monoisotopic (exact) mass is 257 g/mol. The third kappa shape index (κ3) is 2.41. The van der Waals surface area contributed by atoms with E-state index in [-0.39, 0.29) is 0 Å². The predicted octanol–water partition coefficient (Wildman–Crippen LogP) is 3.97. The standard InChI is InChI=1S/C17H23NO/c1-14-11-15(12-19)5-6-16(14)18-10-9-17(13-18)7-3-2-4-8-17/h5-6,11-12H,2-4,7-10,13H2,1H3. The van der Waals surface area contributed by atoms with Crippen molar-refractivity contribution in [2.24, 2.45) is 5.41 Å². The van der Waals surface area contributed by atoms with Gasteiger partial charge in [-0.3, -0.25) is 4.79 Å². The smallest absolute Gasteiger partial charge is 0.150 e. The zero-order valence-corrected chi connectivity index (χ0v) is 11.8. The van der Waals surface area contributed by atoms with Gasteiger partial charge < -0.3 is 4.90 Å². The number of carbonyl (C=O) groups is 1. The molecule has 0 atom stereocenters. The highest BCUT2D eigenvalue weighted by atomic mass is 16.1. The Labute approximate surface area is 115 Å². The van der Waals surface area contributed by atoms with Crippen LogP contribution >= 0.6 is 0 Å². The molecule has 1 saturated carbocycles. The summed E-state index contributed by atoms with van der Waals surface area (Å²) in [5, 5.41) is 0. The van der Waals surface area contributed by atoms with Crippen LogP contribution < -0.4 is 4.90 Å². The lowest BCUT2D eigenvalue weighted by atomic mass is 9.73. The maximum Gasteiger partial charge on any atom is 0.150 e. The lowest BCUT2D eigenvalue weighted by Crippen LogP contribution is -2.29. The van der Waals surface area contributed by atoms with E-state index in [2.05, 4.69) is 17.9 Å². The zero-order chi connectivity index (χ0) is 13.3. The molecule has 1 heterocycles. The van der Waals surface area contributed by atoms with Gasteiger partial charge in [-0.25, -0.2) is 0 Å². The molecule has 19 heavy (non-hydrogen) atoms. The zero-order valence-electron chi connectivity index (χ0n) is 11.8. The first kappa shape index (κ1) is 12.7. The summed E-state index contributed by atoms with van der Waals surface area (Å²) in [6, 6.07) is 6.08. The van der Waals surface area contributed by atoms with Gasteiger partial charge in [-0.1, -0.05) is 19.3 Å². The summed E-state index contributed by atoms with van der Waals surface area (Å²) in [5.74, 6) is 0. The second-order valence-electron chi connectivity index (χ2n) is 6.40. The van der Waals surface area contributed by atoms with Gasteiger partial charge in [-0.05, 0) is 55.4 Å². The third-order valence-corrected chi connectivity index (χ3v) is 5.05. The fourth-order valence-electron chi connectivity index (χ4n) is 3.96. The van der Waals surface area contributed by atoms with E-state index in [1.54, 1.807) is 0 Å². The predicted molar refractivity (Wildman–Crippen MR) is 78.9 cm³/mol. The average molecular weight is 257 g/mol. The van der Waals surface area contributed by atoms with Gasteiger partial charge in [-0.15, -0.1) is 0 Å². The number of hydrogen-bond acceptors (Lipinski definition) is 2. The summed E-state index contributed by atoms with van der Waals surface area (Å²) in [4.78, 5) is 13.4. The van der Waals surface area contributed by atoms with Crippen LogP contribution in [-0.2, 0) is 0 Å². The number of aldehydes is 1. The number of rotatable bonds is 2. The third-order valence-electron chi connectivity index (χ3n) is 5.05. The van der Waals surface area contributed by atoms with Crippen molar-refractivity contribution in [1.82, 2.24) is 0 Å². The summed E-state index contributed by atoms with van der Waals surface area (Å²) >= 11 is 0. The Hall–Kier alpha value is -1.31. The molecule has 1 aliphatic heterocycles. The lowest BCUT2D eigenvalue weighted by molar-refractivity contribution is 0.112. The largest absolute Gasteiger partial charge is 0.371 e. The maximum atomic E-state index is 10.8. The van der Waals surface area contributed by atoms with Crippen LogP contribution in [0.15, 0.2) is 18.2 Å². The molecule has 1 spiro atoms. The molecular weight excluding hydrogens is 234 g/mol. The molecule has 0 N–H and O–H groups in total. The van der Waals surface area contributed by atoms with Crippen molar-refractivity contribution in [3.8, 4) is 0 Å². The lowest BCUT2D eigenvalue weighted by Gasteiger charge is -2.33. The van der Waals surface area contributed by atoms with Crippen molar-refractivity contribution in [3.05, 3.63) is 29.3 Å².